The van der Waals surface area contributed by atoms with Crippen molar-refractivity contribution in [3.8, 4) is 0 Å². The summed E-state index contributed by atoms with van der Waals surface area (Å²) in [6.45, 7) is 10.2. The van der Waals surface area contributed by atoms with Crippen molar-refractivity contribution < 1.29 is 4.79 Å². The third-order valence-electron chi connectivity index (χ3n) is 3.13. The monoisotopic (exact) mass is 248 g/mol. The third kappa shape index (κ3) is 3.76. The molecule has 3 heteroatoms. The van der Waals surface area contributed by atoms with E-state index < -0.39 is 0 Å². The van der Waals surface area contributed by atoms with Gasteiger partial charge >= 0.3 is 0 Å². The molecular formula is C15H24N2O. The number of para-hydroxylation sites is 1. The minimum Gasteiger partial charge on any atom is -0.376 e. The highest BCUT2D eigenvalue weighted by molar-refractivity contribution is 5.81. The quantitative estimate of drug-likeness (QED) is 0.839. The van der Waals surface area contributed by atoms with Gasteiger partial charge in [0.2, 0.25) is 5.91 Å². The van der Waals surface area contributed by atoms with Crippen molar-refractivity contribution in [3.63, 3.8) is 0 Å². The molecule has 1 aromatic carbocycles. The first-order chi connectivity index (χ1) is 8.60. The van der Waals surface area contributed by atoms with E-state index in [0.717, 1.165) is 18.8 Å². The lowest BCUT2D eigenvalue weighted by Crippen LogP contribution is -2.35. The highest BCUT2D eigenvalue weighted by atomic mass is 16.2. The van der Waals surface area contributed by atoms with Crippen LogP contribution in [-0.2, 0) is 4.79 Å². The van der Waals surface area contributed by atoms with Gasteiger partial charge in [0.25, 0.3) is 0 Å². The predicted octanol–water partition coefficient (Wildman–Crippen LogP) is 3.09. The van der Waals surface area contributed by atoms with Gasteiger partial charge in [-0.1, -0.05) is 32.0 Å². The number of carbonyl (C=O) groups is 1. The number of rotatable bonds is 6. The largest absolute Gasteiger partial charge is 0.376 e. The van der Waals surface area contributed by atoms with Crippen LogP contribution in [0.4, 0.5) is 5.69 Å². The number of amides is 1. The molecule has 0 radical (unpaired) electrons. The Morgan fingerprint density at radius 2 is 1.83 bits per heavy atom. The summed E-state index contributed by atoms with van der Waals surface area (Å²) >= 11 is 0. The van der Waals surface area contributed by atoms with E-state index in [-0.39, 0.29) is 5.91 Å². The Bertz CT molecular complexity index is 384. The maximum absolute atomic E-state index is 11.9. The standard InChI is InChI=1S/C15H24N2O/c1-5-17(6-2)15(18)11-16-14-10-8-7-9-13(14)12(3)4/h7-10,12,16H,5-6,11H2,1-4H3. The number of nitrogens with zero attached hydrogens (tertiary/aromatic N) is 1. The molecule has 0 spiro atoms. The fourth-order valence-corrected chi connectivity index (χ4v) is 2.02. The summed E-state index contributed by atoms with van der Waals surface area (Å²) < 4.78 is 0. The highest BCUT2D eigenvalue weighted by Crippen LogP contribution is 2.23. The minimum absolute atomic E-state index is 0.151. The topological polar surface area (TPSA) is 32.3 Å². The Morgan fingerprint density at radius 1 is 1.22 bits per heavy atom. The van der Waals surface area contributed by atoms with Gasteiger partial charge in [0.05, 0.1) is 6.54 Å². The van der Waals surface area contributed by atoms with E-state index in [0.29, 0.717) is 12.5 Å². The van der Waals surface area contributed by atoms with Crippen LogP contribution in [0.5, 0.6) is 0 Å². The molecule has 1 aromatic rings. The molecule has 0 atom stereocenters. The molecule has 1 amide bonds. The van der Waals surface area contributed by atoms with Crippen molar-refractivity contribution >= 4 is 11.6 Å². The van der Waals surface area contributed by atoms with Crippen molar-refractivity contribution in [2.75, 3.05) is 25.0 Å². The van der Waals surface area contributed by atoms with Crippen molar-refractivity contribution in [1.29, 1.82) is 0 Å². The van der Waals surface area contributed by atoms with Crippen LogP contribution in [0, 0.1) is 0 Å². The van der Waals surface area contributed by atoms with E-state index in [4.69, 9.17) is 0 Å². The van der Waals surface area contributed by atoms with Crippen molar-refractivity contribution in [2.45, 2.75) is 33.6 Å². The maximum Gasteiger partial charge on any atom is 0.241 e. The molecule has 18 heavy (non-hydrogen) atoms. The molecule has 0 fully saturated rings. The molecule has 0 bridgehead atoms. The molecule has 0 aliphatic rings. The smallest absolute Gasteiger partial charge is 0.241 e. The molecule has 0 saturated carbocycles. The van der Waals surface area contributed by atoms with Crippen molar-refractivity contribution in [1.82, 2.24) is 4.90 Å². The zero-order valence-corrected chi connectivity index (χ0v) is 11.9. The van der Waals surface area contributed by atoms with Crippen LogP contribution in [0.25, 0.3) is 0 Å². The molecule has 3 nitrogen and oxygen atoms in total. The average Bonchev–Trinajstić information content (AvgIpc) is 2.38. The van der Waals surface area contributed by atoms with Gasteiger partial charge in [0.1, 0.15) is 0 Å². The lowest BCUT2D eigenvalue weighted by atomic mass is 10.0. The number of carbonyl (C=O) groups excluding carboxylic acids is 1. The van der Waals surface area contributed by atoms with E-state index in [1.54, 1.807) is 0 Å². The van der Waals surface area contributed by atoms with Gasteiger partial charge in [0.15, 0.2) is 0 Å². The molecule has 0 aliphatic carbocycles. The highest BCUT2D eigenvalue weighted by Gasteiger charge is 2.10. The van der Waals surface area contributed by atoms with Crippen LogP contribution in [0.2, 0.25) is 0 Å². The van der Waals surface area contributed by atoms with Gasteiger partial charge in [-0.2, -0.15) is 0 Å². The van der Waals surface area contributed by atoms with Gasteiger partial charge in [-0.3, -0.25) is 4.79 Å². The van der Waals surface area contributed by atoms with E-state index in [9.17, 15) is 4.79 Å². The summed E-state index contributed by atoms with van der Waals surface area (Å²) in [5, 5.41) is 3.25. The van der Waals surface area contributed by atoms with E-state index >= 15 is 0 Å². The second kappa shape index (κ2) is 7.04. The second-order valence-corrected chi connectivity index (χ2v) is 4.66. The Morgan fingerprint density at radius 3 is 2.39 bits per heavy atom. The fourth-order valence-electron chi connectivity index (χ4n) is 2.02. The normalized spacial score (nSPS) is 10.5. The van der Waals surface area contributed by atoms with Crippen LogP contribution in [0.1, 0.15) is 39.2 Å². The number of hydrogen-bond donors (Lipinski definition) is 1. The Labute approximate surface area is 110 Å². The van der Waals surface area contributed by atoms with Gasteiger partial charge in [0, 0.05) is 18.8 Å². The molecule has 100 valence electrons. The van der Waals surface area contributed by atoms with Crippen LogP contribution in [0.15, 0.2) is 24.3 Å². The average molecular weight is 248 g/mol. The molecule has 0 heterocycles. The predicted molar refractivity (Wildman–Crippen MR) is 76.9 cm³/mol. The molecular weight excluding hydrogens is 224 g/mol. The Balaban J connectivity index is 2.66. The van der Waals surface area contributed by atoms with Gasteiger partial charge in [-0.25, -0.2) is 0 Å². The minimum atomic E-state index is 0.151. The Kier molecular flexibility index (Phi) is 5.69. The molecule has 1 N–H and O–H groups in total. The van der Waals surface area contributed by atoms with Gasteiger partial charge < -0.3 is 10.2 Å². The summed E-state index contributed by atoms with van der Waals surface area (Å²) in [5.74, 6) is 0.607. The maximum atomic E-state index is 11.9. The third-order valence-corrected chi connectivity index (χ3v) is 3.13. The zero-order valence-electron chi connectivity index (χ0n) is 11.9. The number of anilines is 1. The van der Waals surface area contributed by atoms with Crippen LogP contribution in [-0.4, -0.2) is 30.4 Å². The van der Waals surface area contributed by atoms with E-state index in [2.05, 4.69) is 25.2 Å². The first-order valence-corrected chi connectivity index (χ1v) is 6.70. The van der Waals surface area contributed by atoms with Crippen LogP contribution < -0.4 is 5.32 Å². The molecule has 0 aromatic heterocycles. The number of hydrogen-bond acceptors (Lipinski definition) is 2. The molecule has 0 aliphatic heterocycles. The number of likely N-dealkylation sites (N-methyl/N-ethyl adjacent to an activating group) is 1. The lowest BCUT2D eigenvalue weighted by Gasteiger charge is -2.20. The van der Waals surface area contributed by atoms with E-state index in [1.165, 1.54) is 5.56 Å². The fraction of sp³-hybridized carbons (Fsp3) is 0.533. The molecule has 0 saturated heterocycles. The molecule has 1 rings (SSSR count). The summed E-state index contributed by atoms with van der Waals surface area (Å²) in [7, 11) is 0. The second-order valence-electron chi connectivity index (χ2n) is 4.66. The zero-order chi connectivity index (χ0) is 13.5. The van der Waals surface area contributed by atoms with E-state index in [1.807, 2.05) is 36.9 Å². The number of nitrogens with one attached hydrogen (secondary N) is 1. The van der Waals surface area contributed by atoms with Crippen molar-refractivity contribution in [3.05, 3.63) is 29.8 Å². The lowest BCUT2D eigenvalue weighted by molar-refractivity contribution is -0.128. The summed E-state index contributed by atoms with van der Waals surface area (Å²) in [6.07, 6.45) is 0. The molecule has 0 unspecified atom stereocenters. The Hall–Kier alpha value is -1.51. The first kappa shape index (κ1) is 14.6. The van der Waals surface area contributed by atoms with Crippen LogP contribution in [0.3, 0.4) is 0 Å². The first-order valence-electron chi connectivity index (χ1n) is 6.70. The number of benzene rings is 1. The SMILES string of the molecule is CCN(CC)C(=O)CNc1ccccc1C(C)C. The van der Waals surface area contributed by atoms with Crippen molar-refractivity contribution in [2.24, 2.45) is 0 Å². The van der Waals surface area contributed by atoms with Gasteiger partial charge in [-0.15, -0.1) is 0 Å². The summed E-state index contributed by atoms with van der Waals surface area (Å²) in [5.41, 5.74) is 2.32. The summed E-state index contributed by atoms with van der Waals surface area (Å²) in [6, 6.07) is 8.17. The van der Waals surface area contributed by atoms with Gasteiger partial charge in [-0.05, 0) is 31.4 Å². The van der Waals surface area contributed by atoms with Crippen LogP contribution >= 0.6 is 0 Å². The summed E-state index contributed by atoms with van der Waals surface area (Å²) in [4.78, 5) is 13.8.